The molecule has 0 spiro atoms. The molecule has 0 atom stereocenters. The van der Waals surface area contributed by atoms with Gasteiger partial charge in [0.2, 0.25) is 0 Å². The van der Waals surface area contributed by atoms with Gasteiger partial charge in [0.25, 0.3) is 5.56 Å². The molecule has 0 bridgehead atoms. The molecule has 0 saturated carbocycles. The highest BCUT2D eigenvalue weighted by Gasteiger charge is 2.14. The van der Waals surface area contributed by atoms with Gasteiger partial charge in [0.1, 0.15) is 12.2 Å². The first kappa shape index (κ1) is 16.6. The Labute approximate surface area is 143 Å². The third kappa shape index (κ3) is 3.06. The topological polar surface area (TPSA) is 92.1 Å². The van der Waals surface area contributed by atoms with Gasteiger partial charge in [-0.15, -0.1) is 0 Å². The zero-order chi connectivity index (χ0) is 18.1. The van der Waals surface area contributed by atoms with Gasteiger partial charge in [-0.2, -0.15) is 5.10 Å². The summed E-state index contributed by atoms with van der Waals surface area (Å²) >= 11 is 0. The first-order chi connectivity index (χ1) is 11.9. The average Bonchev–Trinajstić information content (AvgIpc) is 2.59. The van der Waals surface area contributed by atoms with Gasteiger partial charge in [0.15, 0.2) is 5.78 Å². The Balaban J connectivity index is 2.08. The van der Waals surface area contributed by atoms with Gasteiger partial charge in [-0.25, -0.2) is 4.68 Å². The van der Waals surface area contributed by atoms with Crippen molar-refractivity contribution < 1.29 is 14.7 Å². The standard InChI is InChI=1S/C19H16N2O4/c1-11-7-8-13(9-12(11)2)16(22)10-21-18(23)15-6-4-3-5-14(15)17(20-21)19(24)25/h3-9H,10H2,1-2H3,(H,24,25)/p-1. The Kier molecular flexibility index (Phi) is 4.19. The second kappa shape index (κ2) is 6.32. The summed E-state index contributed by atoms with van der Waals surface area (Å²) in [6, 6.07) is 11.5. The van der Waals surface area contributed by atoms with E-state index in [9.17, 15) is 19.5 Å². The first-order valence-corrected chi connectivity index (χ1v) is 7.70. The molecule has 1 heterocycles. The highest BCUT2D eigenvalue weighted by atomic mass is 16.4. The minimum Gasteiger partial charge on any atom is -0.543 e. The molecule has 0 aliphatic rings. The van der Waals surface area contributed by atoms with Gasteiger partial charge < -0.3 is 9.90 Å². The van der Waals surface area contributed by atoms with Crippen molar-refractivity contribution in [2.75, 3.05) is 0 Å². The number of carbonyl (C=O) groups is 2. The van der Waals surface area contributed by atoms with Crippen LogP contribution in [0.15, 0.2) is 47.3 Å². The summed E-state index contributed by atoms with van der Waals surface area (Å²) in [5.41, 5.74) is 1.58. The van der Waals surface area contributed by atoms with Crippen LogP contribution in [-0.2, 0) is 6.54 Å². The molecule has 25 heavy (non-hydrogen) atoms. The predicted octanol–water partition coefficient (Wildman–Crippen LogP) is 1.26. The molecule has 6 nitrogen and oxygen atoms in total. The van der Waals surface area contributed by atoms with E-state index < -0.39 is 11.5 Å². The lowest BCUT2D eigenvalue weighted by molar-refractivity contribution is -0.255. The fraction of sp³-hybridized carbons (Fsp3) is 0.158. The lowest BCUT2D eigenvalue weighted by atomic mass is 10.0. The number of carboxylic acid groups (broad SMARTS) is 1. The van der Waals surface area contributed by atoms with Gasteiger partial charge in [-0.05, 0) is 37.1 Å². The van der Waals surface area contributed by atoms with Crippen molar-refractivity contribution in [3.63, 3.8) is 0 Å². The molecule has 0 radical (unpaired) electrons. The van der Waals surface area contributed by atoms with E-state index >= 15 is 0 Å². The van der Waals surface area contributed by atoms with Crippen LogP contribution in [0.3, 0.4) is 0 Å². The summed E-state index contributed by atoms with van der Waals surface area (Å²) in [7, 11) is 0. The van der Waals surface area contributed by atoms with Crippen LogP contribution >= 0.6 is 0 Å². The largest absolute Gasteiger partial charge is 0.543 e. The maximum Gasteiger partial charge on any atom is 0.275 e. The third-order valence-corrected chi connectivity index (χ3v) is 4.18. The molecular formula is C19H15N2O4-. The number of fused-ring (bicyclic) bond motifs is 1. The van der Waals surface area contributed by atoms with Crippen LogP contribution in [0, 0.1) is 13.8 Å². The van der Waals surface area contributed by atoms with E-state index in [1.807, 2.05) is 19.9 Å². The molecule has 0 N–H and O–H groups in total. The molecule has 3 rings (SSSR count). The zero-order valence-electron chi connectivity index (χ0n) is 13.8. The number of nitrogens with zero attached hydrogens (tertiary/aromatic N) is 2. The van der Waals surface area contributed by atoms with E-state index in [0.717, 1.165) is 15.8 Å². The first-order valence-electron chi connectivity index (χ1n) is 7.70. The Morgan fingerprint density at radius 1 is 1.04 bits per heavy atom. The number of rotatable bonds is 4. The minimum atomic E-state index is -1.50. The smallest absolute Gasteiger partial charge is 0.275 e. The number of ketones is 1. The van der Waals surface area contributed by atoms with Crippen LogP contribution in [0.2, 0.25) is 0 Å². The molecule has 3 aromatic rings. The fourth-order valence-corrected chi connectivity index (χ4v) is 2.64. The monoisotopic (exact) mass is 335 g/mol. The highest BCUT2D eigenvalue weighted by molar-refractivity contribution is 6.00. The van der Waals surface area contributed by atoms with Crippen molar-refractivity contribution in [3.8, 4) is 0 Å². The summed E-state index contributed by atoms with van der Waals surface area (Å²) in [4.78, 5) is 36.4. The SMILES string of the molecule is Cc1ccc(C(=O)Cn2nc(C(=O)[O-])c3ccccc3c2=O)cc1C. The Morgan fingerprint density at radius 3 is 2.36 bits per heavy atom. The predicted molar refractivity (Wildman–Crippen MR) is 90.6 cm³/mol. The number of carbonyl (C=O) groups excluding carboxylic acids is 2. The molecule has 0 aliphatic carbocycles. The quantitative estimate of drug-likeness (QED) is 0.669. The normalized spacial score (nSPS) is 10.8. The minimum absolute atomic E-state index is 0.185. The molecule has 0 fully saturated rings. The van der Waals surface area contributed by atoms with Crippen molar-refractivity contribution in [2.24, 2.45) is 0 Å². The molecule has 0 unspecified atom stereocenters. The van der Waals surface area contributed by atoms with Crippen LogP contribution in [0.5, 0.6) is 0 Å². The Bertz CT molecular complexity index is 1070. The van der Waals surface area contributed by atoms with Gasteiger partial charge in [-0.3, -0.25) is 9.59 Å². The summed E-state index contributed by atoms with van der Waals surface area (Å²) in [5, 5.41) is 15.6. The van der Waals surface area contributed by atoms with Crippen molar-refractivity contribution in [1.82, 2.24) is 9.78 Å². The van der Waals surface area contributed by atoms with E-state index in [0.29, 0.717) is 5.56 Å². The average molecular weight is 335 g/mol. The lowest BCUT2D eigenvalue weighted by Gasteiger charge is -2.11. The van der Waals surface area contributed by atoms with Crippen molar-refractivity contribution in [2.45, 2.75) is 20.4 Å². The molecule has 0 saturated heterocycles. The number of Topliss-reactive ketones (excluding diaryl/α,β-unsaturated/α-hetero) is 1. The molecule has 126 valence electrons. The number of aromatic nitrogens is 2. The van der Waals surface area contributed by atoms with Crippen molar-refractivity contribution in [1.29, 1.82) is 0 Å². The van der Waals surface area contributed by atoms with Crippen LogP contribution in [0.25, 0.3) is 10.8 Å². The summed E-state index contributed by atoms with van der Waals surface area (Å²) in [5.74, 6) is -1.82. The van der Waals surface area contributed by atoms with Gasteiger partial charge >= 0.3 is 0 Å². The Morgan fingerprint density at radius 2 is 1.72 bits per heavy atom. The number of aromatic carboxylic acids is 1. The maximum atomic E-state index is 12.5. The number of hydrogen-bond acceptors (Lipinski definition) is 5. The lowest BCUT2D eigenvalue weighted by Crippen LogP contribution is -2.32. The summed E-state index contributed by atoms with van der Waals surface area (Å²) in [6.07, 6.45) is 0. The second-order valence-corrected chi connectivity index (χ2v) is 5.87. The molecule has 1 aromatic heterocycles. The number of hydrogen-bond donors (Lipinski definition) is 0. The summed E-state index contributed by atoms with van der Waals surface area (Å²) < 4.78 is 0.880. The molecular weight excluding hydrogens is 320 g/mol. The zero-order valence-corrected chi connectivity index (χ0v) is 13.8. The number of aryl methyl sites for hydroxylation is 2. The molecule has 0 aliphatic heterocycles. The van der Waals surface area contributed by atoms with E-state index in [2.05, 4.69) is 5.10 Å². The number of benzene rings is 2. The second-order valence-electron chi connectivity index (χ2n) is 5.87. The van der Waals surface area contributed by atoms with E-state index in [1.165, 1.54) is 12.1 Å². The van der Waals surface area contributed by atoms with Gasteiger partial charge in [0, 0.05) is 10.9 Å². The highest BCUT2D eigenvalue weighted by Crippen LogP contribution is 2.14. The van der Waals surface area contributed by atoms with E-state index in [1.54, 1.807) is 24.3 Å². The molecule has 0 amide bonds. The van der Waals surface area contributed by atoms with Crippen molar-refractivity contribution >= 4 is 22.5 Å². The van der Waals surface area contributed by atoms with Crippen LogP contribution in [-0.4, -0.2) is 21.5 Å². The van der Waals surface area contributed by atoms with Crippen molar-refractivity contribution in [3.05, 3.63) is 75.2 Å². The van der Waals surface area contributed by atoms with Gasteiger partial charge in [0.05, 0.1) is 11.4 Å². The van der Waals surface area contributed by atoms with Crippen LogP contribution in [0.4, 0.5) is 0 Å². The maximum absolute atomic E-state index is 12.5. The molecule has 2 aromatic carbocycles. The van der Waals surface area contributed by atoms with E-state index in [-0.39, 0.29) is 28.8 Å². The molecule has 6 heteroatoms. The Hall–Kier alpha value is -3.28. The van der Waals surface area contributed by atoms with Crippen LogP contribution < -0.4 is 10.7 Å². The third-order valence-electron chi connectivity index (χ3n) is 4.18. The fourth-order valence-electron chi connectivity index (χ4n) is 2.64. The van der Waals surface area contributed by atoms with Gasteiger partial charge in [-0.1, -0.05) is 30.3 Å². The van der Waals surface area contributed by atoms with E-state index in [4.69, 9.17) is 0 Å². The van der Waals surface area contributed by atoms with Crippen LogP contribution in [0.1, 0.15) is 32.0 Å². The summed E-state index contributed by atoms with van der Waals surface area (Å²) in [6.45, 7) is 3.48. The number of carboxylic acids is 1.